The first kappa shape index (κ1) is 35.1. The fourth-order valence-corrected chi connectivity index (χ4v) is 5.20. The largest absolute Gasteiger partial charge is 0.462 e. The van der Waals surface area contributed by atoms with Crippen molar-refractivity contribution in [3.8, 4) is 5.75 Å². The van der Waals surface area contributed by atoms with Gasteiger partial charge in [-0.15, -0.1) is 0 Å². The van der Waals surface area contributed by atoms with Crippen LogP contribution in [-0.2, 0) is 33.2 Å². The predicted molar refractivity (Wildman–Crippen MR) is 141 cm³/mol. The Kier molecular flexibility index (Phi) is 11.4. The maximum Gasteiger partial charge on any atom is 0.269 e. The zero-order chi connectivity index (χ0) is 33.3. The number of ether oxygens (including phenoxy) is 8. The van der Waals surface area contributed by atoms with Crippen LogP contribution in [0.5, 0.6) is 5.75 Å². The first-order valence-electron chi connectivity index (χ1n) is 14.3. The van der Waals surface area contributed by atoms with Crippen LogP contribution in [0.4, 0.5) is 5.69 Å². The second kappa shape index (κ2) is 14.9. The minimum atomic E-state index is -1.76. The van der Waals surface area contributed by atoms with Gasteiger partial charge in [0.05, 0.1) is 31.4 Å². The zero-order valence-corrected chi connectivity index (χ0v) is 23.9. The van der Waals surface area contributed by atoms with Crippen molar-refractivity contribution in [1.29, 1.82) is 0 Å². The molecule has 4 heterocycles. The van der Waals surface area contributed by atoms with Crippen molar-refractivity contribution in [2.24, 2.45) is 0 Å². The summed E-state index contributed by atoms with van der Waals surface area (Å²) in [6.07, 6.45) is -24.3. The highest BCUT2D eigenvalue weighted by Crippen LogP contribution is 2.29. The molecule has 0 aromatic heterocycles. The van der Waals surface area contributed by atoms with Gasteiger partial charge in [-0.2, -0.15) is 0 Å². The molecule has 260 valence electrons. The predicted octanol–water partition coefficient (Wildman–Crippen LogP) is -5.20. The Labute approximate surface area is 259 Å². The van der Waals surface area contributed by atoms with Crippen molar-refractivity contribution in [3.63, 3.8) is 0 Å². The summed E-state index contributed by atoms with van der Waals surface area (Å²) in [6.45, 7) is -1.49. The van der Waals surface area contributed by atoms with E-state index in [0.717, 1.165) is 0 Å². The molecule has 4 aliphatic rings. The Balaban J connectivity index is 1.08. The van der Waals surface area contributed by atoms with Gasteiger partial charge in [-0.25, -0.2) is 0 Å². The van der Waals surface area contributed by atoms with Gasteiger partial charge in [0.25, 0.3) is 5.69 Å². The van der Waals surface area contributed by atoms with Crippen LogP contribution >= 0.6 is 0 Å². The number of nitrogens with zero attached hydrogens (tertiary/aromatic N) is 1. The molecule has 1 aromatic carbocycles. The molecule has 0 bridgehead atoms. The average Bonchev–Trinajstić information content (AvgIpc) is 3.04. The van der Waals surface area contributed by atoms with Crippen LogP contribution in [0.3, 0.4) is 0 Å². The lowest BCUT2D eigenvalue weighted by Crippen LogP contribution is -2.62. The molecular formula is C26H37NO19. The van der Waals surface area contributed by atoms with E-state index < -0.39 is 110 Å². The van der Waals surface area contributed by atoms with Crippen molar-refractivity contribution < 1.29 is 88.8 Å². The van der Waals surface area contributed by atoms with Crippen molar-refractivity contribution in [1.82, 2.24) is 0 Å². The third-order valence-electron chi connectivity index (χ3n) is 7.98. The summed E-state index contributed by atoms with van der Waals surface area (Å²) in [5.74, 6) is 0.127. The van der Waals surface area contributed by atoms with Crippen LogP contribution < -0.4 is 4.74 Å². The van der Waals surface area contributed by atoms with Crippen LogP contribution in [0, 0.1) is 10.1 Å². The molecule has 0 aliphatic carbocycles. The van der Waals surface area contributed by atoms with Crippen LogP contribution in [0.15, 0.2) is 24.3 Å². The molecule has 20 nitrogen and oxygen atoms in total. The fourth-order valence-electron chi connectivity index (χ4n) is 5.20. The maximum atomic E-state index is 10.8. The van der Waals surface area contributed by atoms with Gasteiger partial charge in [-0.3, -0.25) is 10.1 Å². The van der Waals surface area contributed by atoms with E-state index >= 15 is 0 Å². The highest BCUT2D eigenvalue weighted by atomic mass is 16.8. The summed E-state index contributed by atoms with van der Waals surface area (Å²) in [6, 6.07) is 4.95. The van der Waals surface area contributed by atoms with Crippen LogP contribution in [0.2, 0.25) is 0 Å². The van der Waals surface area contributed by atoms with Crippen LogP contribution in [-0.4, -0.2) is 176 Å². The third kappa shape index (κ3) is 7.57. The lowest BCUT2D eigenvalue weighted by Gasteiger charge is -2.44. The fraction of sp³-hybridized carbons (Fsp3) is 0.769. The number of aliphatic hydroxyl groups is 9. The summed E-state index contributed by atoms with van der Waals surface area (Å²) >= 11 is 0. The molecule has 0 radical (unpaired) electrons. The van der Waals surface area contributed by atoms with E-state index in [4.69, 9.17) is 37.9 Å². The normalized spacial score (nSPS) is 45.2. The van der Waals surface area contributed by atoms with Gasteiger partial charge in [0.1, 0.15) is 79.0 Å². The van der Waals surface area contributed by atoms with Crippen LogP contribution in [0.1, 0.15) is 0 Å². The molecule has 16 atom stereocenters. The van der Waals surface area contributed by atoms with Crippen molar-refractivity contribution in [3.05, 3.63) is 34.4 Å². The number of hydrogen-bond donors (Lipinski definition) is 9. The number of rotatable bonds is 9. The summed E-state index contributed by atoms with van der Waals surface area (Å²) in [5.41, 5.74) is -0.179. The van der Waals surface area contributed by atoms with Gasteiger partial charge in [0, 0.05) is 12.1 Å². The van der Waals surface area contributed by atoms with Gasteiger partial charge in [0.2, 0.25) is 6.29 Å². The number of nitro benzene ring substituents is 1. The average molecular weight is 668 g/mol. The molecule has 1 aromatic rings. The molecule has 4 aliphatic heterocycles. The Morgan fingerprint density at radius 3 is 1.35 bits per heavy atom. The molecule has 20 heteroatoms. The number of benzene rings is 1. The smallest absolute Gasteiger partial charge is 0.269 e. The summed E-state index contributed by atoms with van der Waals surface area (Å²) in [4.78, 5) is 10.2. The van der Waals surface area contributed by atoms with Gasteiger partial charge in [-0.1, -0.05) is 0 Å². The Hall–Kier alpha value is -2.22. The molecule has 9 N–H and O–H groups in total. The summed E-state index contributed by atoms with van der Waals surface area (Å²) in [5, 5.41) is 104. The van der Waals surface area contributed by atoms with E-state index in [1.54, 1.807) is 0 Å². The van der Waals surface area contributed by atoms with Gasteiger partial charge in [0.15, 0.2) is 18.9 Å². The second-order valence-corrected chi connectivity index (χ2v) is 11.2. The minimum Gasteiger partial charge on any atom is -0.462 e. The van der Waals surface area contributed by atoms with E-state index in [1.165, 1.54) is 24.3 Å². The standard InChI is InChI=1S/C26H37NO19/c28-11-5-39-24(19(33)15(11)29)44-13-7-41-26(21(35)17(13)31)46-14-8-42-25(22(36)18(14)32)45-12-6-40-23(20(34)16(12)30)43-10-3-1-9(2-4-10)27(37)38/h1-4,11-26,28-36H,5-8H2/t11-,12-,13-,14-,15+,16+,17+,18+,19-,20-,21-,22-,23+,24+,25+,26+/m1/s1. The highest BCUT2D eigenvalue weighted by molar-refractivity contribution is 5.36. The number of nitro groups is 1. The van der Waals surface area contributed by atoms with Gasteiger partial charge in [-0.05, 0) is 12.1 Å². The van der Waals surface area contributed by atoms with E-state index in [2.05, 4.69) is 0 Å². The van der Waals surface area contributed by atoms with Crippen molar-refractivity contribution in [2.75, 3.05) is 26.4 Å². The summed E-state index contributed by atoms with van der Waals surface area (Å²) < 4.78 is 43.5. The van der Waals surface area contributed by atoms with E-state index in [1.807, 2.05) is 0 Å². The van der Waals surface area contributed by atoms with E-state index in [0.29, 0.717) is 0 Å². The molecule has 4 saturated heterocycles. The number of non-ortho nitro benzene ring substituents is 1. The van der Waals surface area contributed by atoms with Gasteiger partial charge >= 0.3 is 0 Å². The van der Waals surface area contributed by atoms with Gasteiger partial charge < -0.3 is 83.9 Å². The topological polar surface area (TPSA) is 299 Å². The first-order chi connectivity index (χ1) is 21.8. The molecule has 0 spiro atoms. The number of hydrogen-bond acceptors (Lipinski definition) is 19. The van der Waals surface area contributed by atoms with E-state index in [9.17, 15) is 56.1 Å². The van der Waals surface area contributed by atoms with E-state index in [-0.39, 0.29) is 31.3 Å². The Bertz CT molecular complexity index is 1150. The quantitative estimate of drug-likeness (QED) is 0.0878. The van der Waals surface area contributed by atoms with Crippen molar-refractivity contribution in [2.45, 2.75) is 98.4 Å². The highest BCUT2D eigenvalue weighted by Gasteiger charge is 2.49. The summed E-state index contributed by atoms with van der Waals surface area (Å²) in [7, 11) is 0. The SMILES string of the molecule is O=[N+]([O-])c1ccc(O[C@@H]2OC[C@@H](O[C@@H]3OC[C@@H](O[C@@H]4OC[C@@H](O[C@@H]5OC[C@@H](O)[C@H](O)[C@H]5O)[C@H](O)[C@H]4O)[C@H](O)[C@H]3O)[C@H](O)[C@H]2O)cc1. The molecule has 5 rings (SSSR count). The first-order valence-corrected chi connectivity index (χ1v) is 14.3. The second-order valence-electron chi connectivity index (χ2n) is 11.2. The maximum absolute atomic E-state index is 10.8. The Morgan fingerprint density at radius 2 is 0.913 bits per heavy atom. The Morgan fingerprint density at radius 1 is 0.543 bits per heavy atom. The lowest BCUT2D eigenvalue weighted by molar-refractivity contribution is -0.384. The monoisotopic (exact) mass is 667 g/mol. The zero-order valence-electron chi connectivity index (χ0n) is 23.9. The molecule has 0 saturated carbocycles. The molecule has 46 heavy (non-hydrogen) atoms. The molecular weight excluding hydrogens is 630 g/mol. The molecule has 0 amide bonds. The third-order valence-corrected chi connectivity index (χ3v) is 7.98. The number of aliphatic hydroxyl groups excluding tert-OH is 9. The molecule has 4 fully saturated rings. The molecule has 0 unspecified atom stereocenters. The van der Waals surface area contributed by atoms with Crippen molar-refractivity contribution >= 4 is 5.69 Å². The lowest BCUT2D eigenvalue weighted by atomic mass is 10.0. The van der Waals surface area contributed by atoms with Crippen LogP contribution in [0.25, 0.3) is 0 Å². The minimum absolute atomic E-state index is 0.127.